The molecule has 1 aromatic carbocycles. The Kier molecular flexibility index (Phi) is 4.84. The third-order valence-electron chi connectivity index (χ3n) is 3.48. The van der Waals surface area contributed by atoms with E-state index >= 15 is 0 Å². The molecule has 1 fully saturated rings. The standard InChI is InChI=1S/C14H22N2O2/c1-18-14-4-2-13(3-5-14)16-9-6-12(7-10-16)15-8-11-17/h2-5,12,15,17H,6-11H2,1H3. The molecule has 0 radical (unpaired) electrons. The van der Waals surface area contributed by atoms with E-state index in [0.717, 1.165) is 31.7 Å². The van der Waals surface area contributed by atoms with Gasteiger partial charge in [-0.2, -0.15) is 0 Å². The Morgan fingerprint density at radius 2 is 1.94 bits per heavy atom. The van der Waals surface area contributed by atoms with Gasteiger partial charge in [0.15, 0.2) is 0 Å². The maximum absolute atomic E-state index is 8.79. The van der Waals surface area contributed by atoms with E-state index in [9.17, 15) is 0 Å². The summed E-state index contributed by atoms with van der Waals surface area (Å²) in [4.78, 5) is 2.40. The van der Waals surface area contributed by atoms with Crippen LogP contribution in [0.25, 0.3) is 0 Å². The van der Waals surface area contributed by atoms with Gasteiger partial charge in [0.25, 0.3) is 0 Å². The molecule has 100 valence electrons. The molecule has 1 aliphatic rings. The topological polar surface area (TPSA) is 44.7 Å². The fourth-order valence-corrected chi connectivity index (χ4v) is 2.40. The zero-order chi connectivity index (χ0) is 12.8. The van der Waals surface area contributed by atoms with Crippen LogP contribution in [0.3, 0.4) is 0 Å². The van der Waals surface area contributed by atoms with Gasteiger partial charge in [0.05, 0.1) is 13.7 Å². The van der Waals surface area contributed by atoms with Crippen molar-refractivity contribution < 1.29 is 9.84 Å². The van der Waals surface area contributed by atoms with E-state index in [1.807, 2.05) is 12.1 Å². The molecule has 1 heterocycles. The van der Waals surface area contributed by atoms with Crippen LogP contribution in [-0.4, -0.2) is 44.5 Å². The number of piperidine rings is 1. The molecule has 18 heavy (non-hydrogen) atoms. The zero-order valence-corrected chi connectivity index (χ0v) is 10.9. The molecule has 2 N–H and O–H groups in total. The minimum Gasteiger partial charge on any atom is -0.497 e. The molecule has 0 amide bonds. The van der Waals surface area contributed by atoms with E-state index in [-0.39, 0.29) is 6.61 Å². The van der Waals surface area contributed by atoms with Crippen molar-refractivity contribution in [2.24, 2.45) is 0 Å². The second-order valence-electron chi connectivity index (χ2n) is 4.64. The Labute approximate surface area is 109 Å². The molecule has 0 aromatic heterocycles. The highest BCUT2D eigenvalue weighted by molar-refractivity contribution is 5.49. The van der Waals surface area contributed by atoms with Crippen LogP contribution in [0.2, 0.25) is 0 Å². The molecule has 1 saturated heterocycles. The Bertz CT molecular complexity index is 345. The quantitative estimate of drug-likeness (QED) is 0.825. The number of nitrogens with one attached hydrogen (secondary N) is 1. The first-order valence-corrected chi connectivity index (χ1v) is 6.56. The van der Waals surface area contributed by atoms with Crippen molar-refractivity contribution >= 4 is 5.69 Å². The van der Waals surface area contributed by atoms with Crippen molar-refractivity contribution in [3.8, 4) is 5.75 Å². The largest absolute Gasteiger partial charge is 0.497 e. The van der Waals surface area contributed by atoms with Crippen molar-refractivity contribution in [1.82, 2.24) is 5.32 Å². The number of ether oxygens (including phenoxy) is 1. The molecule has 0 aliphatic carbocycles. The van der Waals surface area contributed by atoms with E-state index in [4.69, 9.17) is 9.84 Å². The maximum Gasteiger partial charge on any atom is 0.119 e. The first-order valence-electron chi connectivity index (χ1n) is 6.56. The lowest BCUT2D eigenvalue weighted by Crippen LogP contribution is -2.43. The molecule has 0 unspecified atom stereocenters. The molecule has 0 atom stereocenters. The lowest BCUT2D eigenvalue weighted by molar-refractivity contribution is 0.277. The van der Waals surface area contributed by atoms with E-state index in [0.29, 0.717) is 12.6 Å². The van der Waals surface area contributed by atoms with Crippen LogP contribution in [0.1, 0.15) is 12.8 Å². The van der Waals surface area contributed by atoms with Crippen LogP contribution < -0.4 is 15.0 Å². The average molecular weight is 250 g/mol. The summed E-state index contributed by atoms with van der Waals surface area (Å²) >= 11 is 0. The number of aliphatic hydroxyl groups is 1. The van der Waals surface area contributed by atoms with E-state index in [1.165, 1.54) is 5.69 Å². The number of hydrogen-bond donors (Lipinski definition) is 2. The van der Waals surface area contributed by atoms with Crippen molar-refractivity contribution in [2.45, 2.75) is 18.9 Å². The zero-order valence-electron chi connectivity index (χ0n) is 10.9. The number of nitrogens with zero attached hydrogens (tertiary/aromatic N) is 1. The monoisotopic (exact) mass is 250 g/mol. The van der Waals surface area contributed by atoms with Crippen LogP contribution in [0, 0.1) is 0 Å². The van der Waals surface area contributed by atoms with Gasteiger partial charge >= 0.3 is 0 Å². The maximum atomic E-state index is 8.79. The Hall–Kier alpha value is -1.26. The predicted molar refractivity (Wildman–Crippen MR) is 73.3 cm³/mol. The smallest absolute Gasteiger partial charge is 0.119 e. The number of methoxy groups -OCH3 is 1. The average Bonchev–Trinajstić information content (AvgIpc) is 2.46. The van der Waals surface area contributed by atoms with E-state index in [1.54, 1.807) is 7.11 Å². The van der Waals surface area contributed by atoms with Crippen LogP contribution in [0.4, 0.5) is 5.69 Å². The minimum atomic E-state index is 0.221. The first kappa shape index (κ1) is 13.2. The number of aliphatic hydroxyl groups excluding tert-OH is 1. The number of hydrogen-bond acceptors (Lipinski definition) is 4. The fourth-order valence-electron chi connectivity index (χ4n) is 2.40. The van der Waals surface area contributed by atoms with Gasteiger partial charge in [-0.25, -0.2) is 0 Å². The van der Waals surface area contributed by atoms with Crippen LogP contribution in [0.5, 0.6) is 5.75 Å². The van der Waals surface area contributed by atoms with Crippen molar-refractivity contribution in [3.05, 3.63) is 24.3 Å². The van der Waals surface area contributed by atoms with Gasteiger partial charge in [-0.15, -0.1) is 0 Å². The van der Waals surface area contributed by atoms with E-state index < -0.39 is 0 Å². The van der Waals surface area contributed by atoms with Crippen LogP contribution >= 0.6 is 0 Å². The highest BCUT2D eigenvalue weighted by Crippen LogP contribution is 2.22. The molecule has 4 nitrogen and oxygen atoms in total. The first-order chi connectivity index (χ1) is 8.83. The van der Waals surface area contributed by atoms with Crippen molar-refractivity contribution in [3.63, 3.8) is 0 Å². The molecule has 0 saturated carbocycles. The van der Waals surface area contributed by atoms with E-state index in [2.05, 4.69) is 22.3 Å². The number of benzene rings is 1. The molecule has 0 spiro atoms. The summed E-state index contributed by atoms with van der Waals surface area (Å²) in [6.07, 6.45) is 2.26. The normalized spacial score (nSPS) is 16.9. The van der Waals surface area contributed by atoms with Gasteiger partial charge in [-0.05, 0) is 37.1 Å². The van der Waals surface area contributed by atoms with Crippen LogP contribution in [0.15, 0.2) is 24.3 Å². The summed E-state index contributed by atoms with van der Waals surface area (Å²) in [5, 5.41) is 12.2. The van der Waals surface area contributed by atoms with Gasteiger partial charge in [-0.1, -0.05) is 0 Å². The highest BCUT2D eigenvalue weighted by Gasteiger charge is 2.18. The summed E-state index contributed by atoms with van der Waals surface area (Å²) in [5.74, 6) is 0.901. The summed E-state index contributed by atoms with van der Waals surface area (Å²) in [5.41, 5.74) is 1.26. The van der Waals surface area contributed by atoms with Gasteiger partial charge in [0, 0.05) is 31.4 Å². The van der Waals surface area contributed by atoms with Gasteiger partial charge < -0.3 is 20.1 Å². The van der Waals surface area contributed by atoms with Gasteiger partial charge in [-0.3, -0.25) is 0 Å². The fraction of sp³-hybridized carbons (Fsp3) is 0.571. The lowest BCUT2D eigenvalue weighted by Gasteiger charge is -2.34. The molecule has 0 bridgehead atoms. The molecular weight excluding hydrogens is 228 g/mol. The summed E-state index contributed by atoms with van der Waals surface area (Å²) in [6.45, 7) is 3.05. The molecule has 1 aromatic rings. The Morgan fingerprint density at radius 3 is 2.50 bits per heavy atom. The second kappa shape index (κ2) is 6.61. The second-order valence-corrected chi connectivity index (χ2v) is 4.64. The molecule has 4 heteroatoms. The molecule has 1 aliphatic heterocycles. The molecule has 2 rings (SSSR count). The third-order valence-corrected chi connectivity index (χ3v) is 3.48. The minimum absolute atomic E-state index is 0.221. The van der Waals surface area contributed by atoms with Gasteiger partial charge in [0.1, 0.15) is 5.75 Å². The Morgan fingerprint density at radius 1 is 1.28 bits per heavy atom. The Balaban J connectivity index is 1.84. The number of anilines is 1. The summed E-state index contributed by atoms with van der Waals surface area (Å²) in [7, 11) is 1.69. The molecular formula is C14H22N2O2. The van der Waals surface area contributed by atoms with Gasteiger partial charge in [0.2, 0.25) is 0 Å². The SMILES string of the molecule is COc1ccc(N2CCC(NCCO)CC2)cc1. The third kappa shape index (κ3) is 3.37. The number of rotatable bonds is 5. The predicted octanol–water partition coefficient (Wildman–Crippen LogP) is 1.25. The lowest BCUT2D eigenvalue weighted by atomic mass is 10.0. The van der Waals surface area contributed by atoms with Crippen molar-refractivity contribution in [2.75, 3.05) is 38.3 Å². The summed E-state index contributed by atoms with van der Waals surface area (Å²) in [6, 6.07) is 8.78. The highest BCUT2D eigenvalue weighted by atomic mass is 16.5. The van der Waals surface area contributed by atoms with Crippen molar-refractivity contribution in [1.29, 1.82) is 0 Å². The van der Waals surface area contributed by atoms with Crippen LogP contribution in [-0.2, 0) is 0 Å². The summed E-state index contributed by atoms with van der Waals surface area (Å²) < 4.78 is 5.17.